The first-order chi connectivity index (χ1) is 18.2. The van der Waals surface area contributed by atoms with Crippen molar-refractivity contribution in [3.63, 3.8) is 0 Å². The lowest BCUT2D eigenvalue weighted by molar-refractivity contribution is 0.0213. The Labute approximate surface area is 225 Å². The van der Waals surface area contributed by atoms with Crippen LogP contribution in [-0.2, 0) is 10.5 Å². The molecule has 1 atom stereocenters. The van der Waals surface area contributed by atoms with Crippen molar-refractivity contribution in [3.05, 3.63) is 108 Å². The fourth-order valence-electron chi connectivity index (χ4n) is 4.88. The molecule has 0 saturated carbocycles. The molecule has 0 aliphatic carbocycles. The Morgan fingerprint density at radius 1 is 0.632 bits per heavy atom. The summed E-state index contributed by atoms with van der Waals surface area (Å²) in [7, 11) is 12.0. The fourth-order valence-corrected chi connectivity index (χ4v) is 4.88. The first-order valence-corrected chi connectivity index (χ1v) is 12.7. The Balaban J connectivity index is 1.66. The topological polar surface area (TPSA) is 48.1 Å². The second-order valence-corrected chi connectivity index (χ2v) is 10.2. The van der Waals surface area contributed by atoms with E-state index in [1.54, 1.807) is 0 Å². The van der Waals surface area contributed by atoms with Gasteiger partial charge in [-0.05, 0) is 54.1 Å². The van der Waals surface area contributed by atoms with Crippen LogP contribution in [0.15, 0.2) is 91.0 Å². The number of benzene rings is 4. The number of carbonyl (C=O) groups excluding carboxylic acids is 1. The lowest BCUT2D eigenvalue weighted by Gasteiger charge is -2.33. The third-order valence-corrected chi connectivity index (χ3v) is 7.09. The van der Waals surface area contributed by atoms with Gasteiger partial charge >= 0.3 is 5.97 Å². The highest BCUT2D eigenvalue weighted by Crippen LogP contribution is 2.45. The van der Waals surface area contributed by atoms with E-state index >= 15 is 0 Å². The molecule has 1 unspecified atom stereocenters. The number of cyclic esters (lactones) is 1. The maximum atomic E-state index is 13.4. The molecule has 0 spiro atoms. The molecule has 0 bridgehead atoms. The molecule has 4 aromatic rings. The van der Waals surface area contributed by atoms with Crippen molar-refractivity contribution in [2.24, 2.45) is 0 Å². The Bertz CT molecular complexity index is 1460. The van der Waals surface area contributed by atoms with Crippen LogP contribution in [0, 0.1) is 0 Å². The van der Waals surface area contributed by atoms with Crippen LogP contribution in [0.4, 0.5) is 22.7 Å². The molecule has 5 rings (SSSR count). The van der Waals surface area contributed by atoms with Crippen LogP contribution < -0.4 is 20.0 Å². The summed E-state index contributed by atoms with van der Waals surface area (Å²) in [6, 6.07) is 30.7. The molecule has 38 heavy (non-hydrogen) atoms. The second-order valence-electron chi connectivity index (χ2n) is 10.2. The molecule has 1 heterocycles. The fraction of sp³-hybridized carbons (Fsp3) is 0.219. The van der Waals surface area contributed by atoms with E-state index in [0.29, 0.717) is 5.56 Å². The molecule has 1 N–H and O–H groups in total. The summed E-state index contributed by atoms with van der Waals surface area (Å²) in [5, 5.41) is 3.68. The van der Waals surface area contributed by atoms with Crippen LogP contribution in [0.2, 0.25) is 0 Å². The predicted octanol–water partition coefficient (Wildman–Crippen LogP) is 6.04. The molecule has 6 heteroatoms. The maximum absolute atomic E-state index is 13.4. The number of carbonyl (C=O) groups is 1. The molecular weight excluding hydrogens is 472 g/mol. The van der Waals surface area contributed by atoms with E-state index in [9.17, 15) is 4.79 Å². The number of ether oxygens (including phenoxy) is 1. The van der Waals surface area contributed by atoms with Crippen LogP contribution in [0.3, 0.4) is 0 Å². The molecule has 0 amide bonds. The highest BCUT2D eigenvalue weighted by molar-refractivity contribution is 5.97. The standard InChI is InChI=1S/C32H34N4O2/c1-34(2)24-15-11-22(12-16-24)27-9-7-8-10-30(27)33-32(23-13-17-25(18-14-23)35(3)4)29-20-19-26(36(5)6)21-28(29)31(37)38-32/h7-21,33H,1-6H3. The zero-order valence-corrected chi connectivity index (χ0v) is 22.8. The highest BCUT2D eigenvalue weighted by Gasteiger charge is 2.48. The smallest absolute Gasteiger partial charge is 0.341 e. The van der Waals surface area contributed by atoms with Crippen molar-refractivity contribution in [2.75, 3.05) is 62.3 Å². The summed E-state index contributed by atoms with van der Waals surface area (Å²) in [4.78, 5) is 19.5. The van der Waals surface area contributed by atoms with Gasteiger partial charge in [0.25, 0.3) is 0 Å². The summed E-state index contributed by atoms with van der Waals surface area (Å²) < 4.78 is 6.30. The van der Waals surface area contributed by atoms with Crippen LogP contribution in [0.1, 0.15) is 21.5 Å². The number of hydrogen-bond acceptors (Lipinski definition) is 6. The van der Waals surface area contributed by atoms with Crippen molar-refractivity contribution in [1.82, 2.24) is 0 Å². The quantitative estimate of drug-likeness (QED) is 0.309. The van der Waals surface area contributed by atoms with E-state index in [2.05, 4.69) is 45.4 Å². The number of fused-ring (bicyclic) bond motifs is 1. The molecule has 1 aliphatic rings. The zero-order chi connectivity index (χ0) is 27.0. The van der Waals surface area contributed by atoms with Gasteiger partial charge in [0.2, 0.25) is 5.72 Å². The summed E-state index contributed by atoms with van der Waals surface area (Å²) in [6.07, 6.45) is 0. The van der Waals surface area contributed by atoms with E-state index in [4.69, 9.17) is 4.74 Å². The van der Waals surface area contributed by atoms with Crippen molar-refractivity contribution in [3.8, 4) is 11.1 Å². The van der Waals surface area contributed by atoms with Gasteiger partial charge < -0.3 is 24.8 Å². The average molecular weight is 507 g/mol. The third kappa shape index (κ3) is 4.43. The number of nitrogens with one attached hydrogen (secondary N) is 1. The monoisotopic (exact) mass is 506 g/mol. The largest absolute Gasteiger partial charge is 0.427 e. The molecule has 194 valence electrons. The van der Waals surface area contributed by atoms with Crippen molar-refractivity contribution in [2.45, 2.75) is 5.72 Å². The number of esters is 1. The molecule has 1 aliphatic heterocycles. The Hall–Kier alpha value is -4.45. The predicted molar refractivity (Wildman–Crippen MR) is 158 cm³/mol. The SMILES string of the molecule is CN(C)c1ccc(-c2ccccc2NC2(c3ccc(N(C)C)cc3)OC(=O)c3cc(N(C)C)ccc32)cc1. The van der Waals surface area contributed by atoms with Gasteiger partial charge in [0.05, 0.1) is 5.56 Å². The Morgan fingerprint density at radius 3 is 1.79 bits per heavy atom. The maximum Gasteiger partial charge on any atom is 0.341 e. The first kappa shape index (κ1) is 25.2. The number of hydrogen-bond donors (Lipinski definition) is 1. The normalized spacial score (nSPS) is 16.0. The molecule has 4 aromatic carbocycles. The van der Waals surface area contributed by atoms with Crippen LogP contribution >= 0.6 is 0 Å². The summed E-state index contributed by atoms with van der Waals surface area (Å²) in [6.45, 7) is 0. The lowest BCUT2D eigenvalue weighted by Crippen LogP contribution is -2.37. The summed E-state index contributed by atoms with van der Waals surface area (Å²) >= 11 is 0. The van der Waals surface area contributed by atoms with E-state index < -0.39 is 5.72 Å². The number of anilines is 4. The summed E-state index contributed by atoms with van der Waals surface area (Å²) in [5.74, 6) is -0.347. The summed E-state index contributed by atoms with van der Waals surface area (Å²) in [5.41, 5.74) is 7.15. The van der Waals surface area contributed by atoms with Crippen LogP contribution in [0.5, 0.6) is 0 Å². The minimum absolute atomic E-state index is 0.347. The van der Waals surface area contributed by atoms with E-state index in [1.807, 2.05) is 108 Å². The molecule has 0 fully saturated rings. The van der Waals surface area contributed by atoms with Gasteiger partial charge in [0, 0.05) is 81.7 Å². The molecule has 6 nitrogen and oxygen atoms in total. The van der Waals surface area contributed by atoms with Crippen molar-refractivity contribution >= 4 is 28.7 Å². The molecule has 0 aromatic heterocycles. The lowest BCUT2D eigenvalue weighted by atomic mass is 9.91. The average Bonchev–Trinajstić information content (AvgIpc) is 3.20. The van der Waals surface area contributed by atoms with Gasteiger partial charge in [-0.1, -0.05) is 42.5 Å². The number of para-hydroxylation sites is 1. The molecule has 0 saturated heterocycles. The van der Waals surface area contributed by atoms with Gasteiger partial charge in [-0.25, -0.2) is 4.79 Å². The van der Waals surface area contributed by atoms with Gasteiger partial charge in [-0.2, -0.15) is 0 Å². The third-order valence-electron chi connectivity index (χ3n) is 7.09. The minimum Gasteiger partial charge on any atom is -0.427 e. The molecule has 0 radical (unpaired) electrons. The Kier molecular flexibility index (Phi) is 6.49. The van der Waals surface area contributed by atoms with Gasteiger partial charge in [0.15, 0.2) is 0 Å². The zero-order valence-electron chi connectivity index (χ0n) is 22.8. The van der Waals surface area contributed by atoms with Crippen molar-refractivity contribution in [1.29, 1.82) is 0 Å². The van der Waals surface area contributed by atoms with Gasteiger partial charge in [-0.3, -0.25) is 0 Å². The van der Waals surface area contributed by atoms with Gasteiger partial charge in [-0.15, -0.1) is 0 Å². The first-order valence-electron chi connectivity index (χ1n) is 12.7. The molecular formula is C32H34N4O2. The second kappa shape index (κ2) is 9.78. The minimum atomic E-state index is -1.18. The van der Waals surface area contributed by atoms with Crippen molar-refractivity contribution < 1.29 is 9.53 Å². The highest BCUT2D eigenvalue weighted by atomic mass is 16.6. The van der Waals surface area contributed by atoms with E-state index in [-0.39, 0.29) is 5.97 Å². The van der Waals surface area contributed by atoms with E-state index in [0.717, 1.165) is 45.0 Å². The van der Waals surface area contributed by atoms with Crippen LogP contribution in [-0.4, -0.2) is 48.3 Å². The van der Waals surface area contributed by atoms with E-state index in [1.165, 1.54) is 0 Å². The van der Waals surface area contributed by atoms with Crippen LogP contribution in [0.25, 0.3) is 11.1 Å². The number of nitrogens with zero attached hydrogens (tertiary/aromatic N) is 3. The van der Waals surface area contributed by atoms with Gasteiger partial charge in [0.1, 0.15) is 0 Å². The number of rotatable bonds is 7. The Morgan fingerprint density at radius 2 is 1.18 bits per heavy atom.